The highest BCUT2D eigenvalue weighted by Gasteiger charge is 2.05. The summed E-state index contributed by atoms with van der Waals surface area (Å²) in [5, 5.41) is 2.72. The first-order valence-corrected chi connectivity index (χ1v) is 6.09. The zero-order valence-corrected chi connectivity index (χ0v) is 10.9. The van der Waals surface area contributed by atoms with E-state index in [0.29, 0.717) is 31.2 Å². The number of nitrogens with zero attached hydrogens (tertiary/aromatic N) is 1. The second-order valence-corrected chi connectivity index (χ2v) is 4.24. The molecule has 0 spiro atoms. The van der Waals surface area contributed by atoms with Gasteiger partial charge in [-0.15, -0.1) is 11.6 Å². The second kappa shape index (κ2) is 7.60. The topological polar surface area (TPSA) is 51.2 Å². The van der Waals surface area contributed by atoms with Gasteiger partial charge in [-0.2, -0.15) is 0 Å². The molecule has 0 saturated heterocycles. The fourth-order valence-electron chi connectivity index (χ4n) is 1.03. The van der Waals surface area contributed by atoms with E-state index in [2.05, 4.69) is 26.2 Å². The molecule has 1 amide bonds. The van der Waals surface area contributed by atoms with Crippen molar-refractivity contribution in [1.29, 1.82) is 0 Å². The highest BCUT2D eigenvalue weighted by molar-refractivity contribution is 9.10. The molecule has 16 heavy (non-hydrogen) atoms. The lowest BCUT2D eigenvalue weighted by Gasteiger charge is -2.05. The molecular formula is C10H12BrClN2O2. The summed E-state index contributed by atoms with van der Waals surface area (Å²) < 4.78 is 5.90. The van der Waals surface area contributed by atoms with Gasteiger partial charge in [0.25, 0.3) is 5.91 Å². The number of carbonyl (C=O) groups is 1. The van der Waals surface area contributed by atoms with Crippen LogP contribution in [-0.4, -0.2) is 36.5 Å². The summed E-state index contributed by atoms with van der Waals surface area (Å²) in [5.74, 6) is 0.298. The van der Waals surface area contributed by atoms with Crippen LogP contribution in [0.1, 0.15) is 10.4 Å². The number of aromatic nitrogens is 1. The Morgan fingerprint density at radius 3 is 3.00 bits per heavy atom. The summed E-state index contributed by atoms with van der Waals surface area (Å²) in [6, 6.07) is 1.71. The van der Waals surface area contributed by atoms with Crippen molar-refractivity contribution in [2.75, 3.05) is 25.6 Å². The number of nitrogens with one attached hydrogen (secondary N) is 1. The number of ether oxygens (including phenoxy) is 1. The smallest absolute Gasteiger partial charge is 0.252 e. The molecule has 0 aliphatic heterocycles. The number of halogens is 2. The van der Waals surface area contributed by atoms with E-state index in [9.17, 15) is 4.79 Å². The molecule has 0 unspecified atom stereocenters. The van der Waals surface area contributed by atoms with Crippen molar-refractivity contribution in [3.05, 3.63) is 28.5 Å². The van der Waals surface area contributed by atoms with Gasteiger partial charge in [0.05, 0.1) is 18.8 Å². The van der Waals surface area contributed by atoms with E-state index in [1.807, 2.05) is 0 Å². The summed E-state index contributed by atoms with van der Waals surface area (Å²) >= 11 is 8.68. The maximum Gasteiger partial charge on any atom is 0.252 e. The minimum absolute atomic E-state index is 0.164. The molecular weight excluding hydrogens is 295 g/mol. The van der Waals surface area contributed by atoms with Crippen molar-refractivity contribution in [2.24, 2.45) is 0 Å². The molecule has 4 nitrogen and oxygen atoms in total. The van der Waals surface area contributed by atoms with Gasteiger partial charge in [-0.1, -0.05) is 0 Å². The molecule has 0 bridgehead atoms. The SMILES string of the molecule is O=C(NCCOCCCl)c1cncc(Br)c1. The molecule has 0 fully saturated rings. The summed E-state index contributed by atoms with van der Waals surface area (Å²) in [6.07, 6.45) is 3.14. The van der Waals surface area contributed by atoms with Crippen LogP contribution in [0.4, 0.5) is 0 Å². The van der Waals surface area contributed by atoms with Crippen LogP contribution < -0.4 is 5.32 Å². The van der Waals surface area contributed by atoms with Crippen molar-refractivity contribution in [1.82, 2.24) is 10.3 Å². The third kappa shape index (κ3) is 4.92. The predicted octanol–water partition coefficient (Wildman–Crippen LogP) is 1.83. The lowest BCUT2D eigenvalue weighted by Crippen LogP contribution is -2.27. The molecule has 88 valence electrons. The number of alkyl halides is 1. The highest BCUT2D eigenvalue weighted by Crippen LogP contribution is 2.09. The molecule has 1 rings (SSSR count). The predicted molar refractivity (Wildman–Crippen MR) is 65.8 cm³/mol. The van der Waals surface area contributed by atoms with Crippen LogP contribution in [0, 0.1) is 0 Å². The number of pyridine rings is 1. The second-order valence-electron chi connectivity index (χ2n) is 2.95. The maximum atomic E-state index is 11.6. The van der Waals surface area contributed by atoms with Gasteiger partial charge >= 0.3 is 0 Å². The number of hydrogen-bond acceptors (Lipinski definition) is 3. The first kappa shape index (κ1) is 13.4. The standard InChI is InChI=1S/C10H12BrClN2O2/c11-9-5-8(6-13-7-9)10(15)14-2-4-16-3-1-12/h5-7H,1-4H2,(H,14,15). The van der Waals surface area contributed by atoms with E-state index in [-0.39, 0.29) is 5.91 Å². The van der Waals surface area contributed by atoms with Crippen molar-refractivity contribution >= 4 is 33.4 Å². The normalized spacial score (nSPS) is 10.1. The number of amides is 1. The Morgan fingerprint density at radius 2 is 2.31 bits per heavy atom. The monoisotopic (exact) mass is 306 g/mol. The molecule has 0 aromatic carbocycles. The number of rotatable bonds is 6. The average Bonchev–Trinajstić information content (AvgIpc) is 2.28. The van der Waals surface area contributed by atoms with Crippen molar-refractivity contribution < 1.29 is 9.53 Å². The average molecular weight is 308 g/mol. The van der Waals surface area contributed by atoms with Gasteiger partial charge in [-0.3, -0.25) is 9.78 Å². The van der Waals surface area contributed by atoms with Gasteiger partial charge < -0.3 is 10.1 Å². The van der Waals surface area contributed by atoms with Crippen LogP contribution in [0.15, 0.2) is 22.9 Å². The van der Waals surface area contributed by atoms with E-state index in [0.717, 1.165) is 4.47 Å². The maximum absolute atomic E-state index is 11.6. The Labute approximate surface area is 107 Å². The third-order valence-electron chi connectivity index (χ3n) is 1.72. The molecule has 1 aromatic rings. The van der Waals surface area contributed by atoms with Crippen LogP contribution in [0.2, 0.25) is 0 Å². The van der Waals surface area contributed by atoms with Gasteiger partial charge in [-0.05, 0) is 22.0 Å². The Balaban J connectivity index is 2.30. The van der Waals surface area contributed by atoms with Gasteiger partial charge in [-0.25, -0.2) is 0 Å². The van der Waals surface area contributed by atoms with Gasteiger partial charge in [0.1, 0.15) is 0 Å². The van der Waals surface area contributed by atoms with Crippen LogP contribution >= 0.6 is 27.5 Å². The Morgan fingerprint density at radius 1 is 1.50 bits per heavy atom. The Kier molecular flexibility index (Phi) is 6.37. The summed E-state index contributed by atoms with van der Waals surface area (Å²) in [4.78, 5) is 15.5. The van der Waals surface area contributed by atoms with Gasteiger partial charge in [0, 0.05) is 29.3 Å². The molecule has 0 atom stereocenters. The van der Waals surface area contributed by atoms with Crippen molar-refractivity contribution in [3.63, 3.8) is 0 Å². The molecule has 0 saturated carbocycles. The summed E-state index contributed by atoms with van der Waals surface area (Å²) in [7, 11) is 0. The molecule has 1 heterocycles. The molecule has 0 aliphatic rings. The van der Waals surface area contributed by atoms with E-state index in [1.54, 1.807) is 12.3 Å². The third-order valence-corrected chi connectivity index (χ3v) is 2.31. The number of hydrogen-bond donors (Lipinski definition) is 1. The fourth-order valence-corrected chi connectivity index (χ4v) is 1.51. The van der Waals surface area contributed by atoms with Crippen molar-refractivity contribution in [3.8, 4) is 0 Å². The van der Waals surface area contributed by atoms with Gasteiger partial charge in [0.2, 0.25) is 0 Å². The first-order valence-electron chi connectivity index (χ1n) is 4.76. The summed E-state index contributed by atoms with van der Waals surface area (Å²) in [6.45, 7) is 1.41. The van der Waals surface area contributed by atoms with Crippen LogP contribution in [0.3, 0.4) is 0 Å². The molecule has 0 radical (unpaired) electrons. The van der Waals surface area contributed by atoms with E-state index in [1.165, 1.54) is 6.20 Å². The van der Waals surface area contributed by atoms with E-state index < -0.39 is 0 Å². The molecule has 6 heteroatoms. The Bertz CT molecular complexity index is 349. The molecule has 1 N–H and O–H groups in total. The van der Waals surface area contributed by atoms with Crippen LogP contribution in [0.25, 0.3) is 0 Å². The van der Waals surface area contributed by atoms with E-state index in [4.69, 9.17) is 16.3 Å². The lowest BCUT2D eigenvalue weighted by molar-refractivity contribution is 0.0923. The number of carbonyl (C=O) groups excluding carboxylic acids is 1. The van der Waals surface area contributed by atoms with E-state index >= 15 is 0 Å². The first-order chi connectivity index (χ1) is 7.74. The minimum atomic E-state index is -0.164. The summed E-state index contributed by atoms with van der Waals surface area (Å²) in [5.41, 5.74) is 0.520. The zero-order valence-electron chi connectivity index (χ0n) is 8.58. The highest BCUT2D eigenvalue weighted by atomic mass is 79.9. The zero-order chi connectivity index (χ0) is 11.8. The largest absolute Gasteiger partial charge is 0.378 e. The fraction of sp³-hybridized carbons (Fsp3) is 0.400. The lowest BCUT2D eigenvalue weighted by atomic mass is 10.3. The van der Waals surface area contributed by atoms with Crippen LogP contribution in [0.5, 0.6) is 0 Å². The molecule has 1 aromatic heterocycles. The Hall–Kier alpha value is -0.650. The van der Waals surface area contributed by atoms with Crippen LogP contribution in [-0.2, 0) is 4.74 Å². The quantitative estimate of drug-likeness (QED) is 0.644. The molecule has 0 aliphatic carbocycles. The van der Waals surface area contributed by atoms with Crippen molar-refractivity contribution in [2.45, 2.75) is 0 Å². The van der Waals surface area contributed by atoms with Gasteiger partial charge in [0.15, 0.2) is 0 Å². The minimum Gasteiger partial charge on any atom is -0.378 e.